The lowest BCUT2D eigenvalue weighted by Crippen LogP contribution is -2.40. The maximum absolute atomic E-state index is 14.1. The molecule has 0 spiro atoms. The molecule has 0 saturated carbocycles. The van der Waals surface area contributed by atoms with E-state index < -0.39 is 18.0 Å². The zero-order valence-electron chi connectivity index (χ0n) is 27.0. The molecule has 1 aromatic heterocycles. The van der Waals surface area contributed by atoms with Gasteiger partial charge in [0, 0.05) is 6.92 Å². The van der Waals surface area contributed by atoms with Gasteiger partial charge in [-0.05, 0) is 66.6 Å². The molecular weight excluding hydrogens is 596 g/mol. The minimum Gasteiger partial charge on any atom is -0.493 e. The van der Waals surface area contributed by atoms with Crippen LogP contribution >= 0.6 is 11.3 Å². The van der Waals surface area contributed by atoms with Crippen LogP contribution in [0.4, 0.5) is 0 Å². The number of hydrogen-bond acceptors (Lipinski definition) is 10. The maximum Gasteiger partial charge on any atom is 0.338 e. The summed E-state index contributed by atoms with van der Waals surface area (Å²) in [5.41, 5.74) is 1.65. The molecule has 0 aliphatic carbocycles. The third-order valence-corrected chi connectivity index (χ3v) is 7.97. The summed E-state index contributed by atoms with van der Waals surface area (Å²) < 4.78 is 29.8. The van der Waals surface area contributed by atoms with E-state index in [0.29, 0.717) is 44.6 Å². The van der Waals surface area contributed by atoms with Crippen LogP contribution < -0.4 is 33.8 Å². The van der Waals surface area contributed by atoms with E-state index in [9.17, 15) is 14.4 Å². The third kappa shape index (κ3) is 7.83. The Balaban J connectivity index is 1.84. The molecule has 4 rings (SSSR count). The molecule has 3 aromatic rings. The summed E-state index contributed by atoms with van der Waals surface area (Å²) in [4.78, 5) is 44.3. The number of esters is 2. The first-order valence-corrected chi connectivity index (χ1v) is 15.6. The highest BCUT2D eigenvalue weighted by molar-refractivity contribution is 7.07. The van der Waals surface area contributed by atoms with E-state index in [1.165, 1.54) is 29.9 Å². The van der Waals surface area contributed by atoms with Gasteiger partial charge < -0.3 is 23.7 Å². The summed E-state index contributed by atoms with van der Waals surface area (Å²) in [7, 11) is 3.03. The number of aromatic nitrogens is 1. The summed E-state index contributed by atoms with van der Waals surface area (Å²) in [5, 5.41) is 0. The fourth-order valence-electron chi connectivity index (χ4n) is 4.76. The normalized spacial score (nSPS) is 14.7. The number of thiazole rings is 1. The number of allylic oxidation sites excluding steroid dienone is 1. The topological polar surface area (TPSA) is 115 Å². The molecule has 0 bridgehead atoms. The monoisotopic (exact) mass is 636 g/mol. The molecule has 2 aromatic carbocycles. The summed E-state index contributed by atoms with van der Waals surface area (Å²) in [6.45, 7) is 12.0. The van der Waals surface area contributed by atoms with E-state index in [0.717, 1.165) is 12.0 Å². The highest BCUT2D eigenvalue weighted by atomic mass is 32.1. The van der Waals surface area contributed by atoms with Crippen molar-refractivity contribution in [3.63, 3.8) is 0 Å². The fraction of sp³-hybridized carbons (Fsp3) is 0.412. The van der Waals surface area contributed by atoms with E-state index in [4.69, 9.17) is 23.7 Å². The van der Waals surface area contributed by atoms with Crippen LogP contribution in [0.5, 0.6) is 23.0 Å². The van der Waals surface area contributed by atoms with E-state index >= 15 is 0 Å². The Morgan fingerprint density at radius 2 is 1.67 bits per heavy atom. The number of fused-ring (bicyclic) bond motifs is 1. The average molecular weight is 637 g/mol. The molecule has 0 radical (unpaired) electrons. The standard InChI is InChI=1S/C34H40N2O8S/c1-19(2)13-14-42-25-11-9-23(15-27(25)40-7)16-29-32(38)36-31(24-10-12-26(44-22(6)37)28(17-24)41-8)30(21(5)35-34(36)45-29)33(39)43-18-20(3)4/h9-12,15-17,19-20,31H,13-14,18H2,1-8H3/b29-16-/t31-/m0/s1. The summed E-state index contributed by atoms with van der Waals surface area (Å²) in [5.74, 6) is 1.24. The van der Waals surface area contributed by atoms with Gasteiger partial charge in [-0.3, -0.25) is 14.2 Å². The molecule has 1 atom stereocenters. The number of hydrogen-bond donors (Lipinski definition) is 0. The van der Waals surface area contributed by atoms with Gasteiger partial charge in [-0.15, -0.1) is 0 Å². The smallest absolute Gasteiger partial charge is 0.338 e. The summed E-state index contributed by atoms with van der Waals surface area (Å²) >= 11 is 1.22. The molecular formula is C34H40N2O8S. The van der Waals surface area contributed by atoms with E-state index in [1.807, 2.05) is 32.0 Å². The predicted octanol–water partition coefficient (Wildman–Crippen LogP) is 4.80. The van der Waals surface area contributed by atoms with Gasteiger partial charge >= 0.3 is 11.9 Å². The molecule has 1 aliphatic heterocycles. The molecule has 0 amide bonds. The molecule has 0 N–H and O–H groups in total. The fourth-order valence-corrected chi connectivity index (χ4v) is 5.81. The summed E-state index contributed by atoms with van der Waals surface area (Å²) in [6.07, 6.45) is 2.68. The van der Waals surface area contributed by atoms with Crippen molar-refractivity contribution >= 4 is 29.4 Å². The molecule has 0 unspecified atom stereocenters. The Morgan fingerprint density at radius 3 is 2.31 bits per heavy atom. The summed E-state index contributed by atoms with van der Waals surface area (Å²) in [6, 6.07) is 9.57. The minimum atomic E-state index is -0.866. The van der Waals surface area contributed by atoms with Gasteiger partial charge in [0.25, 0.3) is 5.56 Å². The van der Waals surface area contributed by atoms with E-state index in [2.05, 4.69) is 18.8 Å². The number of nitrogens with zero attached hydrogens (tertiary/aromatic N) is 2. The van der Waals surface area contributed by atoms with Gasteiger partial charge in [-0.25, -0.2) is 9.79 Å². The number of methoxy groups -OCH3 is 2. The number of rotatable bonds is 12. The van der Waals surface area contributed by atoms with Crippen LogP contribution in [-0.4, -0.2) is 43.9 Å². The van der Waals surface area contributed by atoms with Crippen molar-refractivity contribution in [2.24, 2.45) is 16.8 Å². The molecule has 11 heteroatoms. The van der Waals surface area contributed by atoms with Crippen LogP contribution in [0.3, 0.4) is 0 Å². The highest BCUT2D eigenvalue weighted by Gasteiger charge is 2.34. The number of carbonyl (C=O) groups excluding carboxylic acids is 2. The predicted molar refractivity (Wildman–Crippen MR) is 172 cm³/mol. The second kappa shape index (κ2) is 14.6. The molecule has 2 heterocycles. The second-order valence-corrected chi connectivity index (χ2v) is 12.5. The van der Waals surface area contributed by atoms with Gasteiger partial charge in [-0.2, -0.15) is 0 Å². The van der Waals surface area contributed by atoms with E-state index in [1.54, 1.807) is 38.3 Å². The third-order valence-electron chi connectivity index (χ3n) is 6.98. The Morgan fingerprint density at radius 1 is 0.978 bits per heavy atom. The lowest BCUT2D eigenvalue weighted by atomic mass is 9.95. The van der Waals surface area contributed by atoms with Crippen LogP contribution in [0.1, 0.15) is 65.1 Å². The SMILES string of the molecule is COc1cc(/C=c2\sc3n(c2=O)[C@@H](c2ccc(OC(C)=O)c(OC)c2)C(C(=O)OCC(C)C)=C(C)N=3)ccc1OCCC(C)C. The highest BCUT2D eigenvalue weighted by Crippen LogP contribution is 2.36. The van der Waals surface area contributed by atoms with Crippen molar-refractivity contribution in [1.29, 1.82) is 0 Å². The molecule has 0 fully saturated rings. The molecule has 10 nitrogen and oxygen atoms in total. The van der Waals surface area contributed by atoms with Crippen LogP contribution in [0.15, 0.2) is 57.5 Å². The van der Waals surface area contributed by atoms with Gasteiger partial charge in [0.2, 0.25) is 0 Å². The van der Waals surface area contributed by atoms with Crippen molar-refractivity contribution in [2.75, 3.05) is 27.4 Å². The minimum absolute atomic E-state index is 0.113. The quantitative estimate of drug-likeness (QED) is 0.206. The Kier molecular flexibility index (Phi) is 10.9. The lowest BCUT2D eigenvalue weighted by molar-refractivity contribution is -0.140. The Bertz CT molecular complexity index is 1780. The maximum atomic E-state index is 14.1. The van der Waals surface area contributed by atoms with Crippen molar-refractivity contribution in [1.82, 2.24) is 4.57 Å². The molecule has 0 saturated heterocycles. The van der Waals surface area contributed by atoms with Crippen molar-refractivity contribution in [2.45, 2.75) is 54.0 Å². The van der Waals surface area contributed by atoms with Gasteiger partial charge in [0.1, 0.15) is 0 Å². The first kappa shape index (κ1) is 33.5. The first-order valence-electron chi connectivity index (χ1n) is 14.8. The zero-order valence-corrected chi connectivity index (χ0v) is 27.8. The number of benzene rings is 2. The van der Waals surface area contributed by atoms with Gasteiger partial charge in [-0.1, -0.05) is 51.2 Å². The van der Waals surface area contributed by atoms with Gasteiger partial charge in [0.15, 0.2) is 27.8 Å². The molecule has 240 valence electrons. The zero-order chi connectivity index (χ0) is 32.8. The molecule has 45 heavy (non-hydrogen) atoms. The van der Waals surface area contributed by atoms with Crippen LogP contribution in [0.25, 0.3) is 6.08 Å². The van der Waals surface area contributed by atoms with E-state index in [-0.39, 0.29) is 35.2 Å². The van der Waals surface area contributed by atoms with Gasteiger partial charge in [0.05, 0.1) is 49.3 Å². The average Bonchev–Trinajstić information content (AvgIpc) is 3.29. The Hall–Kier alpha value is -4.38. The van der Waals surface area contributed by atoms with Crippen LogP contribution in [0, 0.1) is 11.8 Å². The van der Waals surface area contributed by atoms with Crippen molar-refractivity contribution in [3.8, 4) is 23.0 Å². The largest absolute Gasteiger partial charge is 0.493 e. The van der Waals surface area contributed by atoms with Crippen LogP contribution in [-0.2, 0) is 14.3 Å². The first-order chi connectivity index (χ1) is 21.4. The van der Waals surface area contributed by atoms with Crippen molar-refractivity contribution in [3.05, 3.63) is 78.5 Å². The number of carbonyl (C=O) groups is 2. The van der Waals surface area contributed by atoms with Crippen LogP contribution in [0.2, 0.25) is 0 Å². The molecule has 1 aliphatic rings. The Labute approximate surface area is 266 Å². The van der Waals surface area contributed by atoms with Crippen molar-refractivity contribution < 1.29 is 33.3 Å². The second-order valence-electron chi connectivity index (χ2n) is 11.5. The number of ether oxygens (including phenoxy) is 5. The lowest BCUT2D eigenvalue weighted by Gasteiger charge is -2.25.